The smallest absolute Gasteiger partial charge is 0.189 e. The molecule has 2 atom stereocenters. The van der Waals surface area contributed by atoms with Crippen LogP contribution in [0.5, 0.6) is 0 Å². The average molecular weight is 414 g/mol. The fraction of sp³-hybridized carbons (Fsp3) is 0.348. The van der Waals surface area contributed by atoms with Crippen molar-refractivity contribution in [3.63, 3.8) is 0 Å². The van der Waals surface area contributed by atoms with Crippen molar-refractivity contribution in [3.05, 3.63) is 76.2 Å². The van der Waals surface area contributed by atoms with Gasteiger partial charge in [-0.15, -0.1) is 0 Å². The van der Waals surface area contributed by atoms with Gasteiger partial charge < -0.3 is 10.6 Å². The normalized spacial score (nSPS) is 21.8. The Kier molecular flexibility index (Phi) is 5.61. The van der Waals surface area contributed by atoms with Crippen LogP contribution in [0.3, 0.4) is 0 Å². The van der Waals surface area contributed by atoms with Gasteiger partial charge in [0.2, 0.25) is 0 Å². The average Bonchev–Trinajstić information content (AvgIpc) is 2.93. The van der Waals surface area contributed by atoms with Gasteiger partial charge in [0, 0.05) is 60.3 Å². The SMILES string of the molecule is Cc1cc(C(=O)/C=C/N2C3CCC2CN(Cc2ccc(F)cc2)C3)c(N)cc1Cl. The van der Waals surface area contributed by atoms with Crippen LogP contribution in [0.2, 0.25) is 5.02 Å². The first-order valence-electron chi connectivity index (χ1n) is 9.93. The summed E-state index contributed by atoms with van der Waals surface area (Å²) < 4.78 is 13.1. The number of ketones is 1. The maximum Gasteiger partial charge on any atom is 0.189 e. The first-order valence-corrected chi connectivity index (χ1v) is 10.3. The molecular formula is C23H25ClFN3O. The summed E-state index contributed by atoms with van der Waals surface area (Å²) in [7, 11) is 0. The van der Waals surface area contributed by atoms with Gasteiger partial charge in [-0.1, -0.05) is 23.7 Å². The Hall–Kier alpha value is -2.37. The van der Waals surface area contributed by atoms with Gasteiger partial charge in [-0.2, -0.15) is 0 Å². The number of nitrogen functional groups attached to an aromatic ring is 1. The minimum absolute atomic E-state index is 0.101. The molecule has 2 aliphatic heterocycles. The van der Waals surface area contributed by atoms with Crippen LogP contribution in [-0.2, 0) is 6.54 Å². The molecule has 0 radical (unpaired) electrons. The van der Waals surface area contributed by atoms with Crippen LogP contribution in [0.25, 0.3) is 0 Å². The van der Waals surface area contributed by atoms with E-state index < -0.39 is 0 Å². The molecule has 6 heteroatoms. The van der Waals surface area contributed by atoms with Gasteiger partial charge in [0.1, 0.15) is 5.82 Å². The summed E-state index contributed by atoms with van der Waals surface area (Å²) in [5, 5.41) is 0.568. The molecule has 2 saturated heterocycles. The van der Waals surface area contributed by atoms with Crippen molar-refractivity contribution in [3.8, 4) is 0 Å². The van der Waals surface area contributed by atoms with E-state index in [-0.39, 0.29) is 11.6 Å². The monoisotopic (exact) mass is 413 g/mol. The maximum atomic E-state index is 13.1. The van der Waals surface area contributed by atoms with Crippen molar-refractivity contribution in [1.82, 2.24) is 9.80 Å². The maximum absolute atomic E-state index is 13.1. The summed E-state index contributed by atoms with van der Waals surface area (Å²) in [6.07, 6.45) is 5.79. The van der Waals surface area contributed by atoms with Gasteiger partial charge in [0.25, 0.3) is 0 Å². The predicted molar refractivity (Wildman–Crippen MR) is 114 cm³/mol. The lowest BCUT2D eigenvalue weighted by molar-refractivity contribution is 0.0967. The Bertz CT molecular complexity index is 930. The van der Waals surface area contributed by atoms with E-state index in [1.54, 1.807) is 18.2 Å². The Labute approximate surface area is 175 Å². The first-order chi connectivity index (χ1) is 13.9. The summed E-state index contributed by atoms with van der Waals surface area (Å²) in [6, 6.07) is 10.9. The highest BCUT2D eigenvalue weighted by atomic mass is 35.5. The molecule has 4 rings (SSSR count). The van der Waals surface area contributed by atoms with Crippen molar-refractivity contribution in [2.75, 3.05) is 18.8 Å². The summed E-state index contributed by atoms with van der Waals surface area (Å²) in [5.74, 6) is -0.305. The van der Waals surface area contributed by atoms with Crippen molar-refractivity contribution < 1.29 is 9.18 Å². The van der Waals surface area contributed by atoms with Crippen LogP contribution in [0.4, 0.5) is 10.1 Å². The zero-order chi connectivity index (χ0) is 20.5. The summed E-state index contributed by atoms with van der Waals surface area (Å²) in [4.78, 5) is 17.4. The van der Waals surface area contributed by atoms with E-state index in [4.69, 9.17) is 17.3 Å². The Morgan fingerprint density at radius 2 is 1.86 bits per heavy atom. The summed E-state index contributed by atoms with van der Waals surface area (Å²) in [6.45, 7) is 4.57. The number of carbonyl (C=O) groups is 1. The molecule has 2 fully saturated rings. The number of fused-ring (bicyclic) bond motifs is 2. The number of aryl methyl sites for hydroxylation is 1. The van der Waals surface area contributed by atoms with Crippen LogP contribution in [0, 0.1) is 12.7 Å². The second-order valence-corrected chi connectivity index (χ2v) is 8.43. The number of piperazine rings is 1. The number of halogens is 2. The van der Waals surface area contributed by atoms with Gasteiger partial charge in [-0.05, 0) is 55.2 Å². The van der Waals surface area contributed by atoms with Gasteiger partial charge in [0.05, 0.1) is 0 Å². The van der Waals surface area contributed by atoms with Crippen LogP contribution in [0.1, 0.15) is 34.3 Å². The van der Waals surface area contributed by atoms with Crippen molar-refractivity contribution >= 4 is 23.1 Å². The number of benzene rings is 2. The molecule has 2 N–H and O–H groups in total. The third-order valence-electron chi connectivity index (χ3n) is 5.93. The molecule has 2 heterocycles. The number of nitrogens with zero attached hydrogens (tertiary/aromatic N) is 2. The van der Waals surface area contributed by atoms with E-state index in [1.807, 2.05) is 25.3 Å². The quantitative estimate of drug-likeness (QED) is 0.448. The molecule has 2 aromatic carbocycles. The molecule has 2 aliphatic rings. The predicted octanol–water partition coefficient (Wildman–Crippen LogP) is 4.41. The first kappa shape index (κ1) is 19.9. The van der Waals surface area contributed by atoms with Crippen LogP contribution in [0.15, 0.2) is 48.7 Å². The van der Waals surface area contributed by atoms with Crippen molar-refractivity contribution in [2.24, 2.45) is 0 Å². The molecule has 152 valence electrons. The van der Waals surface area contributed by atoms with E-state index in [0.29, 0.717) is 28.4 Å². The molecule has 2 unspecified atom stereocenters. The fourth-order valence-electron chi connectivity index (χ4n) is 4.40. The number of anilines is 1. The number of allylic oxidation sites excluding steroid dienone is 1. The Morgan fingerprint density at radius 1 is 1.21 bits per heavy atom. The van der Waals surface area contributed by atoms with Crippen LogP contribution in [-0.4, -0.2) is 40.8 Å². The number of nitrogens with two attached hydrogens (primary N) is 1. The van der Waals surface area contributed by atoms with Crippen LogP contribution >= 0.6 is 11.6 Å². The van der Waals surface area contributed by atoms with Gasteiger partial charge >= 0.3 is 0 Å². The lowest BCUT2D eigenvalue weighted by Gasteiger charge is -2.40. The molecule has 2 bridgehead atoms. The van der Waals surface area contributed by atoms with Crippen LogP contribution < -0.4 is 5.73 Å². The molecule has 29 heavy (non-hydrogen) atoms. The highest BCUT2D eigenvalue weighted by molar-refractivity contribution is 6.32. The van der Waals surface area contributed by atoms with Crippen molar-refractivity contribution in [1.29, 1.82) is 0 Å². The third-order valence-corrected chi connectivity index (χ3v) is 6.34. The number of likely N-dealkylation sites (tertiary alicyclic amines) is 1. The minimum atomic E-state index is -0.204. The largest absolute Gasteiger partial charge is 0.398 e. The molecule has 0 amide bonds. The highest BCUT2D eigenvalue weighted by Gasteiger charge is 2.38. The standard InChI is InChI=1S/C23H25ClFN3O/c1-15-10-20(22(26)11-21(15)24)23(29)8-9-28-18-6-7-19(28)14-27(13-18)12-16-2-4-17(25)5-3-16/h2-5,8-11,18-19H,6-7,12-14,26H2,1H3/b9-8+. The zero-order valence-corrected chi connectivity index (χ0v) is 17.2. The van der Waals surface area contributed by atoms with E-state index in [1.165, 1.54) is 12.1 Å². The van der Waals surface area contributed by atoms with E-state index in [0.717, 1.165) is 43.6 Å². The molecule has 0 saturated carbocycles. The molecule has 0 spiro atoms. The van der Waals surface area contributed by atoms with E-state index >= 15 is 0 Å². The molecular weight excluding hydrogens is 389 g/mol. The summed E-state index contributed by atoms with van der Waals surface area (Å²) >= 11 is 6.07. The Balaban J connectivity index is 1.41. The lowest BCUT2D eigenvalue weighted by Crippen LogP contribution is -2.50. The second kappa shape index (κ2) is 8.17. The number of hydrogen-bond acceptors (Lipinski definition) is 4. The lowest BCUT2D eigenvalue weighted by atomic mass is 10.1. The fourth-order valence-corrected chi connectivity index (χ4v) is 4.57. The molecule has 4 nitrogen and oxygen atoms in total. The number of hydrogen-bond donors (Lipinski definition) is 1. The van der Waals surface area contributed by atoms with E-state index in [2.05, 4.69) is 9.80 Å². The Morgan fingerprint density at radius 3 is 2.52 bits per heavy atom. The van der Waals surface area contributed by atoms with Crippen molar-refractivity contribution in [2.45, 2.75) is 38.4 Å². The number of rotatable bonds is 5. The third kappa shape index (κ3) is 4.31. The minimum Gasteiger partial charge on any atom is -0.398 e. The van der Waals surface area contributed by atoms with Gasteiger partial charge in [-0.25, -0.2) is 4.39 Å². The number of carbonyl (C=O) groups excluding carboxylic acids is 1. The molecule has 2 aromatic rings. The molecule has 0 aliphatic carbocycles. The van der Waals surface area contributed by atoms with E-state index in [9.17, 15) is 9.18 Å². The highest BCUT2D eigenvalue weighted by Crippen LogP contribution is 2.31. The summed E-state index contributed by atoms with van der Waals surface area (Å²) in [5.41, 5.74) is 8.84. The zero-order valence-electron chi connectivity index (χ0n) is 16.4. The topological polar surface area (TPSA) is 49.6 Å². The molecule has 0 aromatic heterocycles. The van der Waals surface area contributed by atoms with Gasteiger partial charge in [0.15, 0.2) is 5.78 Å². The van der Waals surface area contributed by atoms with Gasteiger partial charge in [-0.3, -0.25) is 9.69 Å². The second-order valence-electron chi connectivity index (χ2n) is 8.02.